The van der Waals surface area contributed by atoms with Crippen molar-refractivity contribution in [3.8, 4) is 11.5 Å². The Morgan fingerprint density at radius 2 is 1.79 bits per heavy atom. The van der Waals surface area contributed by atoms with Crippen molar-refractivity contribution in [3.05, 3.63) is 76.2 Å². The fourth-order valence-corrected chi connectivity index (χ4v) is 6.29. The van der Waals surface area contributed by atoms with Crippen molar-refractivity contribution in [2.45, 2.75) is 44.2 Å². The van der Waals surface area contributed by atoms with Crippen LogP contribution in [0.3, 0.4) is 0 Å². The first-order valence-corrected chi connectivity index (χ1v) is 14.3. The molecule has 0 spiro atoms. The highest BCUT2D eigenvalue weighted by Crippen LogP contribution is 2.30. The van der Waals surface area contributed by atoms with Crippen molar-refractivity contribution in [2.24, 2.45) is 0 Å². The lowest BCUT2D eigenvalue weighted by Crippen LogP contribution is -2.46. The van der Waals surface area contributed by atoms with Crippen LogP contribution in [0.5, 0.6) is 11.5 Å². The topological polar surface area (TPSA) is 89.3 Å². The molecule has 206 valence electrons. The number of sulfonamides is 1. The number of amides is 1. The van der Waals surface area contributed by atoms with Crippen LogP contribution in [0.15, 0.2) is 64.1 Å². The zero-order valence-electron chi connectivity index (χ0n) is 21.8. The smallest absolute Gasteiger partial charge is 0.245 e. The van der Waals surface area contributed by atoms with Crippen LogP contribution < -0.4 is 9.47 Å². The standard InChI is InChI=1S/C27H32Cl2N2O6S/c1-5-19(2)31(38(33,34)26-16-21(28)9-10-23(26)29)18-27(32)30(17-22-7-6-14-37-22)13-12-20-8-11-24(35-3)25(15-20)36-4/h6-11,14-16,19H,5,12-13,17-18H2,1-4H3/t19-/m1/s1. The fraction of sp³-hybridized carbons (Fsp3) is 0.370. The Morgan fingerprint density at radius 3 is 2.42 bits per heavy atom. The quantitative estimate of drug-likeness (QED) is 0.258. The highest BCUT2D eigenvalue weighted by molar-refractivity contribution is 7.89. The van der Waals surface area contributed by atoms with E-state index in [-0.39, 0.29) is 33.9 Å². The minimum atomic E-state index is -4.12. The molecule has 38 heavy (non-hydrogen) atoms. The number of carbonyl (C=O) groups is 1. The van der Waals surface area contributed by atoms with Crippen molar-refractivity contribution in [2.75, 3.05) is 27.3 Å². The number of rotatable bonds is 13. The molecule has 0 aliphatic rings. The van der Waals surface area contributed by atoms with E-state index >= 15 is 0 Å². The summed E-state index contributed by atoms with van der Waals surface area (Å²) >= 11 is 12.3. The van der Waals surface area contributed by atoms with Crippen molar-refractivity contribution < 1.29 is 27.1 Å². The summed E-state index contributed by atoms with van der Waals surface area (Å²) in [6.07, 6.45) is 2.53. The molecule has 1 atom stereocenters. The second-order valence-electron chi connectivity index (χ2n) is 8.72. The van der Waals surface area contributed by atoms with Gasteiger partial charge >= 0.3 is 0 Å². The van der Waals surface area contributed by atoms with E-state index in [1.807, 2.05) is 19.1 Å². The van der Waals surface area contributed by atoms with Gasteiger partial charge in [0.2, 0.25) is 15.9 Å². The van der Waals surface area contributed by atoms with Crippen LogP contribution in [0.25, 0.3) is 0 Å². The average molecular weight is 584 g/mol. The Kier molecular flexibility index (Phi) is 10.5. The molecule has 3 rings (SSSR count). The summed E-state index contributed by atoms with van der Waals surface area (Å²) < 4.78 is 44.7. The summed E-state index contributed by atoms with van der Waals surface area (Å²) in [4.78, 5) is 15.1. The van der Waals surface area contributed by atoms with Gasteiger partial charge in [-0.1, -0.05) is 36.2 Å². The largest absolute Gasteiger partial charge is 0.493 e. The van der Waals surface area contributed by atoms with Crippen LogP contribution in [0, 0.1) is 0 Å². The van der Waals surface area contributed by atoms with E-state index in [0.29, 0.717) is 36.6 Å². The van der Waals surface area contributed by atoms with Gasteiger partial charge in [-0.2, -0.15) is 4.31 Å². The maximum atomic E-state index is 13.7. The van der Waals surface area contributed by atoms with Gasteiger partial charge in [0.15, 0.2) is 11.5 Å². The Labute approximate surface area is 234 Å². The predicted molar refractivity (Wildman–Crippen MR) is 147 cm³/mol. The first kappa shape index (κ1) is 29.8. The summed E-state index contributed by atoms with van der Waals surface area (Å²) in [6, 6.07) is 12.8. The lowest BCUT2D eigenvalue weighted by molar-refractivity contribution is -0.132. The minimum Gasteiger partial charge on any atom is -0.493 e. The zero-order valence-corrected chi connectivity index (χ0v) is 24.1. The molecular weight excluding hydrogens is 551 g/mol. The van der Waals surface area contributed by atoms with Gasteiger partial charge in [-0.15, -0.1) is 0 Å². The molecule has 0 radical (unpaired) electrons. The van der Waals surface area contributed by atoms with Crippen LogP contribution in [0.2, 0.25) is 10.0 Å². The number of hydrogen-bond donors (Lipinski definition) is 0. The molecule has 0 aliphatic heterocycles. The summed E-state index contributed by atoms with van der Waals surface area (Å²) in [6.45, 7) is 3.75. The van der Waals surface area contributed by atoms with Crippen LogP contribution in [-0.4, -0.2) is 56.9 Å². The molecule has 1 heterocycles. The first-order chi connectivity index (χ1) is 18.1. The third kappa shape index (κ3) is 7.22. The molecule has 8 nitrogen and oxygen atoms in total. The second kappa shape index (κ2) is 13.4. The Hall–Kier alpha value is -2.72. The Morgan fingerprint density at radius 1 is 1.05 bits per heavy atom. The monoisotopic (exact) mass is 582 g/mol. The van der Waals surface area contributed by atoms with E-state index in [2.05, 4.69) is 0 Å². The van der Waals surface area contributed by atoms with Crippen LogP contribution in [-0.2, 0) is 27.8 Å². The molecule has 0 N–H and O–H groups in total. The van der Waals surface area contributed by atoms with E-state index in [4.69, 9.17) is 37.1 Å². The number of furan rings is 1. The first-order valence-electron chi connectivity index (χ1n) is 12.1. The van der Waals surface area contributed by atoms with Gasteiger partial charge in [-0.05, 0) is 67.8 Å². The Bertz CT molecular complexity index is 1330. The van der Waals surface area contributed by atoms with E-state index in [1.165, 1.54) is 28.8 Å². The summed E-state index contributed by atoms with van der Waals surface area (Å²) in [7, 11) is -1.000. The van der Waals surface area contributed by atoms with Gasteiger partial charge in [0, 0.05) is 17.6 Å². The highest BCUT2D eigenvalue weighted by Gasteiger charge is 2.33. The van der Waals surface area contributed by atoms with Gasteiger partial charge in [0.1, 0.15) is 10.7 Å². The maximum Gasteiger partial charge on any atom is 0.245 e. The van der Waals surface area contributed by atoms with Crippen molar-refractivity contribution in [1.82, 2.24) is 9.21 Å². The van der Waals surface area contributed by atoms with Crippen molar-refractivity contribution in [3.63, 3.8) is 0 Å². The molecule has 0 saturated carbocycles. The molecule has 2 aromatic carbocycles. The number of methoxy groups -OCH3 is 2. The minimum absolute atomic E-state index is 0.0380. The molecule has 0 bridgehead atoms. The van der Waals surface area contributed by atoms with Gasteiger partial charge in [-0.25, -0.2) is 8.42 Å². The molecule has 0 saturated heterocycles. The third-order valence-electron chi connectivity index (χ3n) is 6.25. The normalized spacial score (nSPS) is 12.4. The molecular formula is C27H32Cl2N2O6S. The van der Waals surface area contributed by atoms with E-state index < -0.39 is 16.1 Å². The molecule has 0 aliphatic carbocycles. The molecule has 11 heteroatoms. The Balaban J connectivity index is 1.88. The number of carbonyl (C=O) groups excluding carboxylic acids is 1. The maximum absolute atomic E-state index is 13.7. The van der Waals surface area contributed by atoms with E-state index in [1.54, 1.807) is 44.2 Å². The van der Waals surface area contributed by atoms with Crippen LogP contribution in [0.1, 0.15) is 31.6 Å². The molecule has 0 unspecified atom stereocenters. The number of halogens is 2. The lowest BCUT2D eigenvalue weighted by Gasteiger charge is -2.30. The number of nitrogens with zero attached hydrogens (tertiary/aromatic N) is 2. The van der Waals surface area contributed by atoms with Crippen molar-refractivity contribution in [1.29, 1.82) is 0 Å². The molecule has 1 aromatic heterocycles. The second-order valence-corrected chi connectivity index (χ2v) is 11.4. The van der Waals surface area contributed by atoms with Gasteiger partial charge in [0.25, 0.3) is 0 Å². The van der Waals surface area contributed by atoms with Crippen molar-refractivity contribution >= 4 is 39.1 Å². The number of ether oxygens (including phenoxy) is 2. The average Bonchev–Trinajstić information content (AvgIpc) is 3.43. The SMILES string of the molecule is CC[C@@H](C)N(CC(=O)N(CCc1ccc(OC)c(OC)c1)Cc1ccco1)S(=O)(=O)c1cc(Cl)ccc1Cl. The third-order valence-corrected chi connectivity index (χ3v) is 8.93. The summed E-state index contributed by atoms with van der Waals surface area (Å²) in [5.41, 5.74) is 0.928. The molecule has 3 aromatic rings. The van der Waals surface area contributed by atoms with Gasteiger partial charge in [-0.3, -0.25) is 4.79 Å². The van der Waals surface area contributed by atoms with Crippen LogP contribution in [0.4, 0.5) is 0 Å². The zero-order chi connectivity index (χ0) is 27.9. The van der Waals surface area contributed by atoms with E-state index in [9.17, 15) is 13.2 Å². The lowest BCUT2D eigenvalue weighted by atomic mass is 10.1. The number of benzene rings is 2. The van der Waals surface area contributed by atoms with Gasteiger partial charge < -0.3 is 18.8 Å². The fourth-order valence-electron chi connectivity index (χ4n) is 3.90. The number of hydrogen-bond acceptors (Lipinski definition) is 6. The van der Waals surface area contributed by atoms with E-state index in [0.717, 1.165) is 5.56 Å². The molecule has 0 fully saturated rings. The molecule has 1 amide bonds. The summed E-state index contributed by atoms with van der Waals surface area (Å²) in [5, 5.41) is 0.272. The summed E-state index contributed by atoms with van der Waals surface area (Å²) in [5.74, 6) is 1.40. The van der Waals surface area contributed by atoms with Gasteiger partial charge in [0.05, 0.1) is 38.6 Å². The van der Waals surface area contributed by atoms with Crippen LogP contribution >= 0.6 is 23.2 Å². The predicted octanol–water partition coefficient (Wildman–Crippen LogP) is 5.66. The highest BCUT2D eigenvalue weighted by atomic mass is 35.5.